The zero-order valence-electron chi connectivity index (χ0n) is 13.5. The minimum Gasteiger partial charge on any atom is -0.454 e. The molecule has 1 aliphatic carbocycles. The maximum Gasteiger partial charge on any atom is 0.251 e. The summed E-state index contributed by atoms with van der Waals surface area (Å²) in [4.78, 5) is 23.7. The highest BCUT2D eigenvalue weighted by Gasteiger charge is 2.20. The molecule has 0 atom stereocenters. The fourth-order valence-electron chi connectivity index (χ4n) is 2.30. The van der Waals surface area contributed by atoms with Crippen molar-refractivity contribution in [3.63, 3.8) is 0 Å². The Hall–Kier alpha value is -2.28. The minimum atomic E-state index is -0.323. The first-order valence-corrected chi connectivity index (χ1v) is 8.24. The summed E-state index contributed by atoms with van der Waals surface area (Å²) in [6.07, 6.45) is 3.33. The number of carbonyl (C=O) groups excluding carboxylic acids is 2. The summed E-state index contributed by atoms with van der Waals surface area (Å²) in [5.41, 5.74) is 0.431. The van der Waals surface area contributed by atoms with Crippen molar-refractivity contribution in [2.45, 2.75) is 19.3 Å². The van der Waals surface area contributed by atoms with Crippen molar-refractivity contribution in [1.29, 1.82) is 0 Å². The third-order valence-electron chi connectivity index (χ3n) is 3.88. The molecule has 2 amide bonds. The van der Waals surface area contributed by atoms with Gasteiger partial charge in [-0.25, -0.2) is 0 Å². The topological polar surface area (TPSA) is 85.9 Å². The highest BCUT2D eigenvalue weighted by atomic mass is 16.7. The fourth-order valence-corrected chi connectivity index (χ4v) is 2.30. The summed E-state index contributed by atoms with van der Waals surface area (Å²) >= 11 is 0. The zero-order valence-corrected chi connectivity index (χ0v) is 13.5. The number of amides is 2. The molecule has 2 N–H and O–H groups in total. The molecule has 130 valence electrons. The Bertz CT molecular complexity index is 601. The summed E-state index contributed by atoms with van der Waals surface area (Å²) in [5.74, 6) is 1.37. The second-order valence-electron chi connectivity index (χ2n) is 5.97. The van der Waals surface area contributed by atoms with Crippen molar-refractivity contribution < 1.29 is 23.8 Å². The zero-order chi connectivity index (χ0) is 16.8. The lowest BCUT2D eigenvalue weighted by Gasteiger charge is -2.08. The average molecular weight is 334 g/mol. The van der Waals surface area contributed by atoms with Crippen LogP contribution in [0.5, 0.6) is 11.5 Å². The summed E-state index contributed by atoms with van der Waals surface area (Å²) in [5, 5.41) is 5.34. The van der Waals surface area contributed by atoms with Gasteiger partial charge in [-0.2, -0.15) is 0 Å². The lowest BCUT2D eigenvalue weighted by Crippen LogP contribution is -2.37. The van der Waals surface area contributed by atoms with Crippen LogP contribution in [0.15, 0.2) is 18.2 Å². The molecule has 1 fully saturated rings. The number of rotatable bonds is 9. The molecular weight excluding hydrogens is 312 g/mol. The van der Waals surface area contributed by atoms with E-state index in [0.29, 0.717) is 30.2 Å². The first kappa shape index (κ1) is 16.6. The van der Waals surface area contributed by atoms with Crippen LogP contribution in [-0.4, -0.2) is 44.9 Å². The monoisotopic (exact) mass is 334 g/mol. The molecule has 1 aromatic rings. The maximum absolute atomic E-state index is 12.0. The van der Waals surface area contributed by atoms with E-state index >= 15 is 0 Å². The van der Waals surface area contributed by atoms with E-state index in [1.807, 2.05) is 0 Å². The molecule has 1 heterocycles. The SMILES string of the molecule is O=C(CNC(=O)c1ccc2c(c1)OCO2)NCCCOCC1CC1. The van der Waals surface area contributed by atoms with Gasteiger partial charge in [0.25, 0.3) is 5.91 Å². The van der Waals surface area contributed by atoms with Gasteiger partial charge >= 0.3 is 0 Å². The maximum atomic E-state index is 12.0. The number of hydrogen-bond donors (Lipinski definition) is 2. The number of benzene rings is 1. The molecule has 0 spiro atoms. The van der Waals surface area contributed by atoms with E-state index < -0.39 is 0 Å². The Balaban J connectivity index is 1.29. The van der Waals surface area contributed by atoms with Crippen molar-refractivity contribution in [3.8, 4) is 11.5 Å². The first-order valence-electron chi connectivity index (χ1n) is 8.24. The van der Waals surface area contributed by atoms with Gasteiger partial charge in [0.1, 0.15) is 0 Å². The highest BCUT2D eigenvalue weighted by molar-refractivity contribution is 5.97. The standard InChI is InChI=1S/C17H22N2O5/c20-16(18-6-1-7-22-10-12-2-3-12)9-19-17(21)13-4-5-14-15(8-13)24-11-23-14/h4-5,8,12H,1-3,6-7,9-11H2,(H,18,20)(H,19,21). The van der Waals surface area contributed by atoms with Gasteiger partial charge in [-0.15, -0.1) is 0 Å². The highest BCUT2D eigenvalue weighted by Crippen LogP contribution is 2.32. The number of carbonyl (C=O) groups is 2. The first-order chi connectivity index (χ1) is 11.7. The normalized spacial score (nSPS) is 15.2. The molecule has 7 nitrogen and oxygen atoms in total. The van der Waals surface area contributed by atoms with E-state index in [0.717, 1.165) is 18.9 Å². The van der Waals surface area contributed by atoms with Gasteiger partial charge in [0.15, 0.2) is 11.5 Å². The Labute approximate surface area is 140 Å². The van der Waals surface area contributed by atoms with Crippen LogP contribution in [0.4, 0.5) is 0 Å². The smallest absolute Gasteiger partial charge is 0.251 e. The van der Waals surface area contributed by atoms with Gasteiger partial charge in [0.2, 0.25) is 12.7 Å². The molecular formula is C17H22N2O5. The molecule has 3 rings (SSSR count). The van der Waals surface area contributed by atoms with Gasteiger partial charge in [0, 0.05) is 25.3 Å². The molecule has 7 heteroatoms. The molecule has 0 radical (unpaired) electrons. The van der Waals surface area contributed by atoms with E-state index in [-0.39, 0.29) is 25.2 Å². The van der Waals surface area contributed by atoms with Crippen LogP contribution >= 0.6 is 0 Å². The van der Waals surface area contributed by atoms with Crippen molar-refractivity contribution >= 4 is 11.8 Å². The van der Waals surface area contributed by atoms with E-state index in [4.69, 9.17) is 14.2 Å². The third kappa shape index (κ3) is 4.86. The summed E-state index contributed by atoms with van der Waals surface area (Å²) in [6.45, 7) is 2.13. The van der Waals surface area contributed by atoms with Gasteiger partial charge < -0.3 is 24.8 Å². The third-order valence-corrected chi connectivity index (χ3v) is 3.88. The number of nitrogens with one attached hydrogen (secondary N) is 2. The van der Waals surface area contributed by atoms with Crippen LogP contribution in [-0.2, 0) is 9.53 Å². The van der Waals surface area contributed by atoms with E-state index in [2.05, 4.69) is 10.6 Å². The Morgan fingerprint density at radius 2 is 2.00 bits per heavy atom. The predicted molar refractivity (Wildman–Crippen MR) is 86.1 cm³/mol. The lowest BCUT2D eigenvalue weighted by atomic mass is 10.2. The van der Waals surface area contributed by atoms with Crippen LogP contribution in [0.25, 0.3) is 0 Å². The molecule has 1 aliphatic heterocycles. The van der Waals surface area contributed by atoms with Crippen LogP contribution in [0, 0.1) is 5.92 Å². The van der Waals surface area contributed by atoms with Crippen LogP contribution < -0.4 is 20.1 Å². The molecule has 0 aromatic heterocycles. The van der Waals surface area contributed by atoms with E-state index in [1.54, 1.807) is 18.2 Å². The van der Waals surface area contributed by atoms with E-state index in [1.165, 1.54) is 12.8 Å². The summed E-state index contributed by atoms with van der Waals surface area (Å²) < 4.78 is 15.9. The Kier molecular flexibility index (Phi) is 5.53. The van der Waals surface area contributed by atoms with Gasteiger partial charge in [-0.3, -0.25) is 9.59 Å². The largest absolute Gasteiger partial charge is 0.454 e. The minimum absolute atomic E-state index is 0.0593. The number of fused-ring (bicyclic) bond motifs is 1. The Morgan fingerprint density at radius 3 is 2.83 bits per heavy atom. The number of hydrogen-bond acceptors (Lipinski definition) is 5. The van der Waals surface area contributed by atoms with Crippen molar-refractivity contribution in [1.82, 2.24) is 10.6 Å². The second-order valence-corrected chi connectivity index (χ2v) is 5.97. The van der Waals surface area contributed by atoms with Gasteiger partial charge in [0.05, 0.1) is 6.54 Å². The number of ether oxygens (including phenoxy) is 3. The molecule has 0 saturated heterocycles. The molecule has 24 heavy (non-hydrogen) atoms. The molecule has 2 aliphatic rings. The predicted octanol–water partition coefficient (Wildman–Crippen LogP) is 1.08. The van der Waals surface area contributed by atoms with Gasteiger partial charge in [-0.05, 0) is 43.4 Å². The molecule has 1 saturated carbocycles. The summed E-state index contributed by atoms with van der Waals surface area (Å²) in [6, 6.07) is 4.92. The van der Waals surface area contributed by atoms with Crippen molar-refractivity contribution in [2.75, 3.05) is 33.1 Å². The summed E-state index contributed by atoms with van der Waals surface area (Å²) in [7, 11) is 0. The lowest BCUT2D eigenvalue weighted by molar-refractivity contribution is -0.120. The van der Waals surface area contributed by atoms with Crippen molar-refractivity contribution in [3.05, 3.63) is 23.8 Å². The quantitative estimate of drug-likeness (QED) is 0.660. The van der Waals surface area contributed by atoms with Gasteiger partial charge in [-0.1, -0.05) is 0 Å². The van der Waals surface area contributed by atoms with Crippen molar-refractivity contribution in [2.24, 2.45) is 5.92 Å². The molecule has 0 bridgehead atoms. The molecule has 1 aromatic carbocycles. The molecule has 0 unspecified atom stereocenters. The Morgan fingerprint density at radius 1 is 1.17 bits per heavy atom. The van der Waals surface area contributed by atoms with E-state index in [9.17, 15) is 9.59 Å². The van der Waals surface area contributed by atoms with Crippen LogP contribution in [0.3, 0.4) is 0 Å². The average Bonchev–Trinajstić information content (AvgIpc) is 3.30. The van der Waals surface area contributed by atoms with Crippen LogP contribution in [0.1, 0.15) is 29.6 Å². The second kappa shape index (κ2) is 8.01. The fraction of sp³-hybridized carbons (Fsp3) is 0.529. The van der Waals surface area contributed by atoms with Crippen LogP contribution in [0.2, 0.25) is 0 Å².